The number of carbonyl (C=O) groups is 2. The molecule has 1 N–H and O–H groups in total. The lowest BCUT2D eigenvalue weighted by Gasteiger charge is -2.23. The van der Waals surface area contributed by atoms with E-state index in [1.165, 1.54) is 0 Å². The summed E-state index contributed by atoms with van der Waals surface area (Å²) in [7, 11) is 0. The summed E-state index contributed by atoms with van der Waals surface area (Å²) < 4.78 is 5.60. The van der Waals surface area contributed by atoms with Crippen LogP contribution in [0.4, 0.5) is 0 Å². The molecule has 1 heterocycles. The number of benzene rings is 1. The van der Waals surface area contributed by atoms with Gasteiger partial charge in [-0.3, -0.25) is 9.59 Å². The predicted octanol–water partition coefficient (Wildman–Crippen LogP) is 4.65. The summed E-state index contributed by atoms with van der Waals surface area (Å²) in [5.74, 6) is -0.497. The van der Waals surface area contributed by atoms with Gasteiger partial charge in [-0.25, -0.2) is 0 Å². The molecule has 1 amide bonds. The number of ether oxygens (including phenoxy) is 1. The third-order valence-electron chi connectivity index (χ3n) is 4.62. The zero-order valence-electron chi connectivity index (χ0n) is 14.8. The van der Waals surface area contributed by atoms with Gasteiger partial charge in [0.2, 0.25) is 5.91 Å². The van der Waals surface area contributed by atoms with E-state index in [4.69, 9.17) is 27.9 Å². The number of hydrogen-bond donors (Lipinski definition) is 1. The van der Waals surface area contributed by atoms with E-state index in [2.05, 4.69) is 0 Å². The highest BCUT2D eigenvalue weighted by atomic mass is 35.5. The number of carboxylic acids is 1. The predicted molar refractivity (Wildman–Crippen MR) is 102 cm³/mol. The number of carboxylic acid groups (broad SMARTS) is 1. The molecule has 1 aromatic carbocycles. The summed E-state index contributed by atoms with van der Waals surface area (Å²) in [4.78, 5) is 25.5. The molecule has 144 valence electrons. The lowest BCUT2D eigenvalue weighted by molar-refractivity contribution is -0.143. The van der Waals surface area contributed by atoms with E-state index >= 15 is 0 Å². The first-order valence-corrected chi connectivity index (χ1v) is 9.81. The smallest absolute Gasteiger partial charge is 0.306 e. The van der Waals surface area contributed by atoms with Crippen LogP contribution in [0.3, 0.4) is 0 Å². The third-order valence-corrected chi connectivity index (χ3v) is 5.15. The van der Waals surface area contributed by atoms with Gasteiger partial charge in [0.05, 0.1) is 17.5 Å². The molecule has 0 spiro atoms. The molecule has 1 saturated heterocycles. The standard InChI is InChI=1S/C19H25Cl2NO4/c20-15-7-8-17(16(21)13-15)26-12-4-6-18(23)22-10-3-1-2-5-14(9-11-22)19(24)25/h7-8,13-14H,1-6,9-12H2,(H,24,25). The Balaban J connectivity index is 1.77. The van der Waals surface area contributed by atoms with Gasteiger partial charge < -0.3 is 14.7 Å². The zero-order chi connectivity index (χ0) is 18.9. The van der Waals surface area contributed by atoms with Gasteiger partial charge in [0.25, 0.3) is 0 Å². The Bertz CT molecular complexity index is 624. The van der Waals surface area contributed by atoms with Crippen LogP contribution in [-0.2, 0) is 9.59 Å². The van der Waals surface area contributed by atoms with E-state index in [9.17, 15) is 14.7 Å². The Morgan fingerprint density at radius 3 is 2.69 bits per heavy atom. The average Bonchev–Trinajstić information content (AvgIpc) is 2.72. The summed E-state index contributed by atoms with van der Waals surface area (Å²) in [5, 5.41) is 10.2. The van der Waals surface area contributed by atoms with Crippen molar-refractivity contribution in [3.05, 3.63) is 28.2 Å². The summed E-state index contributed by atoms with van der Waals surface area (Å²) in [5.41, 5.74) is 0. The Hall–Kier alpha value is -1.46. The molecule has 1 aliphatic rings. The molecule has 1 unspecified atom stereocenters. The van der Waals surface area contributed by atoms with Crippen molar-refractivity contribution in [2.24, 2.45) is 5.92 Å². The molecule has 7 heteroatoms. The molecule has 1 aromatic rings. The second-order valence-electron chi connectivity index (χ2n) is 6.58. The van der Waals surface area contributed by atoms with E-state index in [1.54, 1.807) is 23.1 Å². The second-order valence-corrected chi connectivity index (χ2v) is 7.42. The van der Waals surface area contributed by atoms with Gasteiger partial charge in [-0.05, 0) is 43.9 Å². The lowest BCUT2D eigenvalue weighted by Crippen LogP contribution is -2.34. The monoisotopic (exact) mass is 401 g/mol. The number of halogens is 2. The van der Waals surface area contributed by atoms with Crippen LogP contribution in [0.1, 0.15) is 44.9 Å². The first-order chi connectivity index (χ1) is 12.5. The van der Waals surface area contributed by atoms with E-state index < -0.39 is 5.97 Å². The highest BCUT2D eigenvalue weighted by molar-refractivity contribution is 6.35. The first kappa shape index (κ1) is 20.8. The summed E-state index contributed by atoms with van der Waals surface area (Å²) in [6.45, 7) is 1.60. The van der Waals surface area contributed by atoms with Crippen LogP contribution in [0.25, 0.3) is 0 Å². The maximum Gasteiger partial charge on any atom is 0.306 e. The van der Waals surface area contributed by atoms with Gasteiger partial charge >= 0.3 is 5.97 Å². The van der Waals surface area contributed by atoms with Gasteiger partial charge in [0.1, 0.15) is 5.75 Å². The van der Waals surface area contributed by atoms with Gasteiger partial charge in [0, 0.05) is 24.5 Å². The number of aliphatic carboxylic acids is 1. The minimum Gasteiger partial charge on any atom is -0.492 e. The van der Waals surface area contributed by atoms with Crippen molar-refractivity contribution in [2.75, 3.05) is 19.7 Å². The third kappa shape index (κ3) is 6.69. The largest absolute Gasteiger partial charge is 0.492 e. The number of amides is 1. The van der Waals surface area contributed by atoms with Crippen molar-refractivity contribution in [1.29, 1.82) is 0 Å². The molecule has 0 bridgehead atoms. The van der Waals surface area contributed by atoms with Crippen molar-refractivity contribution in [3.63, 3.8) is 0 Å². The maximum atomic E-state index is 12.5. The van der Waals surface area contributed by atoms with Crippen LogP contribution in [0.2, 0.25) is 10.0 Å². The van der Waals surface area contributed by atoms with Crippen molar-refractivity contribution < 1.29 is 19.4 Å². The second kappa shape index (κ2) is 10.6. The van der Waals surface area contributed by atoms with E-state index in [0.717, 1.165) is 19.3 Å². The van der Waals surface area contributed by atoms with Gasteiger partial charge in [-0.15, -0.1) is 0 Å². The topological polar surface area (TPSA) is 66.8 Å². The van der Waals surface area contributed by atoms with Crippen LogP contribution < -0.4 is 4.74 Å². The molecule has 5 nitrogen and oxygen atoms in total. The Kier molecular flexibility index (Phi) is 8.52. The SMILES string of the molecule is O=C(O)C1CCCCCN(C(=O)CCCOc2ccc(Cl)cc2Cl)CC1. The summed E-state index contributed by atoms with van der Waals surface area (Å²) in [6.07, 6.45) is 4.99. The van der Waals surface area contributed by atoms with Gasteiger partial charge in [-0.1, -0.05) is 36.0 Å². The molecule has 1 atom stereocenters. The fraction of sp³-hybridized carbons (Fsp3) is 0.579. The highest BCUT2D eigenvalue weighted by Gasteiger charge is 2.22. The molecule has 0 aromatic heterocycles. The van der Waals surface area contributed by atoms with Gasteiger partial charge in [0.15, 0.2) is 0 Å². The average molecular weight is 402 g/mol. The Morgan fingerprint density at radius 1 is 1.15 bits per heavy atom. The van der Waals surface area contributed by atoms with E-state index in [1.807, 2.05) is 0 Å². The molecule has 0 aliphatic carbocycles. The molecule has 2 rings (SSSR count). The summed E-state index contributed by atoms with van der Waals surface area (Å²) in [6, 6.07) is 5.03. The Morgan fingerprint density at radius 2 is 1.96 bits per heavy atom. The number of rotatable bonds is 6. The molecule has 0 saturated carbocycles. The zero-order valence-corrected chi connectivity index (χ0v) is 16.3. The van der Waals surface area contributed by atoms with Crippen molar-refractivity contribution in [3.8, 4) is 5.75 Å². The van der Waals surface area contributed by atoms with Gasteiger partial charge in [-0.2, -0.15) is 0 Å². The lowest BCUT2D eigenvalue weighted by atomic mass is 9.98. The number of nitrogens with zero attached hydrogens (tertiary/aromatic N) is 1. The van der Waals surface area contributed by atoms with Crippen LogP contribution >= 0.6 is 23.2 Å². The quantitative estimate of drug-likeness (QED) is 0.704. The van der Waals surface area contributed by atoms with Crippen LogP contribution in [0, 0.1) is 5.92 Å². The normalized spacial score (nSPS) is 18.5. The van der Waals surface area contributed by atoms with Crippen molar-refractivity contribution in [2.45, 2.75) is 44.9 Å². The van der Waals surface area contributed by atoms with Crippen molar-refractivity contribution >= 4 is 35.1 Å². The van der Waals surface area contributed by atoms with Crippen LogP contribution in [-0.4, -0.2) is 41.6 Å². The fourth-order valence-electron chi connectivity index (χ4n) is 3.09. The number of hydrogen-bond acceptors (Lipinski definition) is 3. The molecule has 26 heavy (non-hydrogen) atoms. The van der Waals surface area contributed by atoms with Crippen LogP contribution in [0.15, 0.2) is 18.2 Å². The molecular weight excluding hydrogens is 377 g/mol. The highest BCUT2D eigenvalue weighted by Crippen LogP contribution is 2.27. The number of carbonyl (C=O) groups excluding carboxylic acids is 1. The fourth-order valence-corrected chi connectivity index (χ4v) is 3.55. The first-order valence-electron chi connectivity index (χ1n) is 9.06. The minimum absolute atomic E-state index is 0.0573. The molecule has 1 fully saturated rings. The molecular formula is C19H25Cl2NO4. The maximum absolute atomic E-state index is 12.5. The Labute approximate surface area is 164 Å². The molecule has 0 radical (unpaired) electrons. The van der Waals surface area contributed by atoms with E-state index in [-0.39, 0.29) is 11.8 Å². The summed E-state index contributed by atoms with van der Waals surface area (Å²) >= 11 is 11.9. The minimum atomic E-state index is -0.757. The van der Waals surface area contributed by atoms with Crippen LogP contribution in [0.5, 0.6) is 5.75 Å². The van der Waals surface area contributed by atoms with E-state index in [0.29, 0.717) is 61.2 Å². The van der Waals surface area contributed by atoms with Crippen molar-refractivity contribution in [1.82, 2.24) is 4.90 Å². The molecule has 1 aliphatic heterocycles.